The summed E-state index contributed by atoms with van der Waals surface area (Å²) in [5.41, 5.74) is 4.29. The van der Waals surface area contributed by atoms with Crippen LogP contribution in [-0.4, -0.2) is 26.5 Å². The van der Waals surface area contributed by atoms with Crippen molar-refractivity contribution >= 4 is 15.9 Å². The summed E-state index contributed by atoms with van der Waals surface area (Å²) in [6, 6.07) is 2.19. The Balaban J connectivity index is 2.58. The van der Waals surface area contributed by atoms with Crippen LogP contribution in [0.1, 0.15) is 49.5 Å². The molecular formula is C15H22BrN5. The van der Waals surface area contributed by atoms with Gasteiger partial charge in [0, 0.05) is 12.1 Å². The lowest BCUT2D eigenvalue weighted by atomic mass is 10.00. The molecule has 6 heteroatoms. The molecule has 0 aliphatic carbocycles. The summed E-state index contributed by atoms with van der Waals surface area (Å²) in [6.45, 7) is 10.0. The van der Waals surface area contributed by atoms with Crippen LogP contribution >= 0.6 is 15.9 Å². The number of aryl methyl sites for hydroxylation is 3. The van der Waals surface area contributed by atoms with Gasteiger partial charge in [0.2, 0.25) is 0 Å². The second kappa shape index (κ2) is 7.13. The Kier molecular flexibility index (Phi) is 5.47. The molecule has 0 radical (unpaired) electrons. The van der Waals surface area contributed by atoms with Gasteiger partial charge in [-0.1, -0.05) is 13.8 Å². The van der Waals surface area contributed by atoms with Gasteiger partial charge >= 0.3 is 0 Å². The molecule has 2 heterocycles. The van der Waals surface area contributed by atoms with Crippen LogP contribution in [0.25, 0.3) is 0 Å². The lowest BCUT2D eigenvalue weighted by Crippen LogP contribution is -2.27. The molecule has 0 saturated heterocycles. The Bertz CT molecular complexity index is 608. The van der Waals surface area contributed by atoms with E-state index in [2.05, 4.69) is 63.4 Å². The maximum absolute atomic E-state index is 4.43. The van der Waals surface area contributed by atoms with Gasteiger partial charge in [-0.2, -0.15) is 15.3 Å². The first-order valence-electron chi connectivity index (χ1n) is 7.39. The molecule has 2 aromatic heterocycles. The van der Waals surface area contributed by atoms with Gasteiger partial charge in [0.25, 0.3) is 0 Å². The highest BCUT2D eigenvalue weighted by atomic mass is 79.9. The zero-order valence-corrected chi connectivity index (χ0v) is 14.6. The standard InChI is InChI=1S/C15H22BrN5/c1-5-13-11(8-10(4)19-20-13)14(17-6-2)15-12(16)9-18-21(15)7-3/h8-9,14,17H,5-7H2,1-4H3. The summed E-state index contributed by atoms with van der Waals surface area (Å²) in [7, 11) is 0. The summed E-state index contributed by atoms with van der Waals surface area (Å²) in [4.78, 5) is 0. The molecule has 2 rings (SSSR count). The molecule has 0 fully saturated rings. The molecule has 21 heavy (non-hydrogen) atoms. The molecule has 114 valence electrons. The van der Waals surface area contributed by atoms with Crippen LogP contribution in [0.5, 0.6) is 0 Å². The third kappa shape index (κ3) is 3.32. The minimum absolute atomic E-state index is 0.0657. The normalized spacial score (nSPS) is 12.6. The first-order valence-corrected chi connectivity index (χ1v) is 8.19. The molecule has 1 atom stereocenters. The highest BCUT2D eigenvalue weighted by Gasteiger charge is 2.23. The summed E-state index contributed by atoms with van der Waals surface area (Å²) >= 11 is 3.63. The lowest BCUT2D eigenvalue weighted by Gasteiger charge is -2.22. The summed E-state index contributed by atoms with van der Waals surface area (Å²) in [6.07, 6.45) is 2.72. The fourth-order valence-electron chi connectivity index (χ4n) is 2.53. The highest BCUT2D eigenvalue weighted by molar-refractivity contribution is 9.10. The van der Waals surface area contributed by atoms with Crippen molar-refractivity contribution < 1.29 is 0 Å². The second-order valence-electron chi connectivity index (χ2n) is 4.93. The van der Waals surface area contributed by atoms with Gasteiger partial charge in [0.15, 0.2) is 0 Å². The highest BCUT2D eigenvalue weighted by Crippen LogP contribution is 2.30. The monoisotopic (exact) mass is 351 g/mol. The Labute approximate surface area is 134 Å². The van der Waals surface area contributed by atoms with E-state index in [1.165, 1.54) is 5.56 Å². The Morgan fingerprint density at radius 1 is 1.29 bits per heavy atom. The molecule has 1 N–H and O–H groups in total. The predicted molar refractivity (Wildman–Crippen MR) is 87.3 cm³/mol. The number of rotatable bonds is 6. The quantitative estimate of drug-likeness (QED) is 0.868. The second-order valence-corrected chi connectivity index (χ2v) is 5.78. The number of hydrogen-bond donors (Lipinski definition) is 1. The van der Waals surface area contributed by atoms with E-state index in [1.54, 1.807) is 0 Å². The first-order chi connectivity index (χ1) is 10.1. The van der Waals surface area contributed by atoms with Crippen LogP contribution in [0.2, 0.25) is 0 Å². The zero-order chi connectivity index (χ0) is 15.4. The number of nitrogens with zero attached hydrogens (tertiary/aromatic N) is 4. The van der Waals surface area contributed by atoms with Gasteiger partial charge in [-0.25, -0.2) is 0 Å². The zero-order valence-electron chi connectivity index (χ0n) is 13.0. The van der Waals surface area contributed by atoms with Crippen LogP contribution in [0, 0.1) is 6.92 Å². The molecule has 0 bridgehead atoms. The molecule has 0 aliphatic rings. The fraction of sp³-hybridized carbons (Fsp3) is 0.533. The van der Waals surface area contributed by atoms with E-state index in [1.807, 2.05) is 17.8 Å². The van der Waals surface area contributed by atoms with E-state index in [0.29, 0.717) is 0 Å². The minimum Gasteiger partial charge on any atom is -0.305 e. The number of halogens is 1. The van der Waals surface area contributed by atoms with Crippen molar-refractivity contribution in [3.63, 3.8) is 0 Å². The van der Waals surface area contributed by atoms with Crippen LogP contribution < -0.4 is 5.32 Å². The van der Waals surface area contributed by atoms with Crippen molar-refractivity contribution in [2.24, 2.45) is 0 Å². The van der Waals surface area contributed by atoms with Crippen molar-refractivity contribution in [2.45, 2.75) is 46.7 Å². The molecule has 5 nitrogen and oxygen atoms in total. The van der Waals surface area contributed by atoms with Crippen molar-refractivity contribution in [1.82, 2.24) is 25.3 Å². The average molecular weight is 352 g/mol. The van der Waals surface area contributed by atoms with Gasteiger partial charge in [-0.05, 0) is 48.8 Å². The van der Waals surface area contributed by atoms with Crippen molar-refractivity contribution in [2.75, 3.05) is 6.54 Å². The molecule has 0 aliphatic heterocycles. The molecule has 1 unspecified atom stereocenters. The molecular weight excluding hydrogens is 330 g/mol. The predicted octanol–water partition coefficient (Wildman–Crippen LogP) is 3.03. The summed E-state index contributed by atoms with van der Waals surface area (Å²) in [5.74, 6) is 0. The molecule has 0 aromatic carbocycles. The summed E-state index contributed by atoms with van der Waals surface area (Å²) < 4.78 is 3.04. The number of aromatic nitrogens is 4. The number of nitrogens with one attached hydrogen (secondary N) is 1. The van der Waals surface area contributed by atoms with Gasteiger partial charge < -0.3 is 5.32 Å². The molecule has 0 amide bonds. The van der Waals surface area contributed by atoms with E-state index in [-0.39, 0.29) is 6.04 Å². The van der Waals surface area contributed by atoms with Crippen LogP contribution in [-0.2, 0) is 13.0 Å². The van der Waals surface area contributed by atoms with E-state index in [4.69, 9.17) is 0 Å². The topological polar surface area (TPSA) is 55.6 Å². The van der Waals surface area contributed by atoms with E-state index < -0.39 is 0 Å². The van der Waals surface area contributed by atoms with Gasteiger partial charge in [-0.15, -0.1) is 0 Å². The minimum atomic E-state index is 0.0657. The third-order valence-corrected chi connectivity index (χ3v) is 4.10. The van der Waals surface area contributed by atoms with Gasteiger partial charge in [-0.3, -0.25) is 4.68 Å². The van der Waals surface area contributed by atoms with Crippen molar-refractivity contribution in [1.29, 1.82) is 0 Å². The molecule has 0 saturated carbocycles. The van der Waals surface area contributed by atoms with Crippen LogP contribution in [0.4, 0.5) is 0 Å². The lowest BCUT2D eigenvalue weighted by molar-refractivity contribution is 0.535. The van der Waals surface area contributed by atoms with Crippen molar-refractivity contribution in [3.05, 3.63) is 39.4 Å². The molecule has 2 aromatic rings. The maximum atomic E-state index is 4.43. The summed E-state index contributed by atoms with van der Waals surface area (Å²) in [5, 5.41) is 16.5. The van der Waals surface area contributed by atoms with E-state index in [0.717, 1.165) is 41.1 Å². The van der Waals surface area contributed by atoms with Gasteiger partial charge in [0.1, 0.15) is 0 Å². The SMILES string of the molecule is CCNC(c1cc(C)nnc1CC)c1c(Br)cnn1CC. The average Bonchev–Trinajstić information content (AvgIpc) is 2.85. The fourth-order valence-corrected chi connectivity index (χ4v) is 3.05. The first kappa shape index (κ1) is 16.1. The van der Waals surface area contributed by atoms with E-state index >= 15 is 0 Å². The molecule has 0 spiro atoms. The van der Waals surface area contributed by atoms with E-state index in [9.17, 15) is 0 Å². The Hall–Kier alpha value is -1.27. The maximum Gasteiger partial charge on any atom is 0.0778 e. The van der Waals surface area contributed by atoms with Gasteiger partial charge in [0.05, 0.1) is 33.8 Å². The Morgan fingerprint density at radius 3 is 2.67 bits per heavy atom. The Morgan fingerprint density at radius 2 is 2.05 bits per heavy atom. The third-order valence-electron chi connectivity index (χ3n) is 3.49. The smallest absolute Gasteiger partial charge is 0.0778 e. The largest absolute Gasteiger partial charge is 0.305 e. The van der Waals surface area contributed by atoms with Crippen LogP contribution in [0.3, 0.4) is 0 Å². The van der Waals surface area contributed by atoms with Crippen molar-refractivity contribution in [3.8, 4) is 0 Å². The number of hydrogen-bond acceptors (Lipinski definition) is 4. The van der Waals surface area contributed by atoms with Crippen LogP contribution in [0.15, 0.2) is 16.7 Å².